The Morgan fingerprint density at radius 2 is 2.00 bits per heavy atom. The Balaban J connectivity index is 0.00000121. The number of rotatable bonds is 3. The van der Waals surface area contributed by atoms with Gasteiger partial charge in [-0.2, -0.15) is 0 Å². The van der Waals surface area contributed by atoms with E-state index < -0.39 is 11.9 Å². The molecule has 1 rings (SSSR count). The fraction of sp³-hybridized carbons (Fsp3) is 0.417. The number of aryl methyl sites for hydroxylation is 1. The molecule has 0 aliphatic heterocycles. The minimum Gasteiger partial charge on any atom is -0.478 e. The molecule has 0 aliphatic rings. The summed E-state index contributed by atoms with van der Waals surface area (Å²) >= 11 is 0. The molecule has 0 amide bonds. The first-order valence-corrected chi connectivity index (χ1v) is 5.43. The summed E-state index contributed by atoms with van der Waals surface area (Å²) < 4.78 is 4.73. The fourth-order valence-corrected chi connectivity index (χ4v) is 1.08. The fourth-order valence-electron chi connectivity index (χ4n) is 1.08. The van der Waals surface area contributed by atoms with Crippen LogP contribution in [0.2, 0.25) is 0 Å². The molecule has 0 unspecified atom stereocenters. The first kappa shape index (κ1) is 15.1. The zero-order valence-electron chi connectivity index (χ0n) is 10.5. The van der Waals surface area contributed by atoms with Crippen LogP contribution in [0.5, 0.6) is 0 Å². The summed E-state index contributed by atoms with van der Waals surface area (Å²) in [5.74, 6) is -1.67. The lowest BCUT2D eigenvalue weighted by Gasteiger charge is -2.04. The minimum absolute atomic E-state index is 0.0144. The van der Waals surface area contributed by atoms with Gasteiger partial charge in [-0.15, -0.1) is 0 Å². The standard InChI is InChI=1S/C10H11NO4.C2H6/c1-3-15-10(14)7-4-8(9(12)13)6(2)11-5-7;1-2/h4-5H,3H2,1-2H3,(H,12,13);1-2H3. The third-order valence-corrected chi connectivity index (χ3v) is 1.83. The SMILES string of the molecule is CC.CCOC(=O)c1cnc(C)c(C(=O)O)c1. The summed E-state index contributed by atoms with van der Waals surface area (Å²) in [4.78, 5) is 25.9. The zero-order chi connectivity index (χ0) is 13.4. The van der Waals surface area contributed by atoms with E-state index in [1.54, 1.807) is 13.8 Å². The van der Waals surface area contributed by atoms with Crippen molar-refractivity contribution in [2.24, 2.45) is 0 Å². The topological polar surface area (TPSA) is 76.5 Å². The number of ether oxygens (including phenoxy) is 1. The van der Waals surface area contributed by atoms with Crippen LogP contribution in [0, 0.1) is 6.92 Å². The van der Waals surface area contributed by atoms with Gasteiger partial charge in [0.15, 0.2) is 0 Å². The van der Waals surface area contributed by atoms with Gasteiger partial charge in [0, 0.05) is 6.20 Å². The van der Waals surface area contributed by atoms with E-state index in [-0.39, 0.29) is 17.7 Å². The summed E-state index contributed by atoms with van der Waals surface area (Å²) in [6.07, 6.45) is 1.31. The number of aromatic nitrogens is 1. The van der Waals surface area contributed by atoms with Gasteiger partial charge >= 0.3 is 11.9 Å². The van der Waals surface area contributed by atoms with Crippen molar-refractivity contribution in [1.82, 2.24) is 4.98 Å². The second-order valence-electron chi connectivity index (χ2n) is 2.88. The van der Waals surface area contributed by atoms with E-state index in [0.717, 1.165) is 0 Å². The Labute approximate surface area is 100 Å². The summed E-state index contributed by atoms with van der Waals surface area (Å²) in [5.41, 5.74) is 0.538. The van der Waals surface area contributed by atoms with E-state index >= 15 is 0 Å². The first-order chi connectivity index (χ1) is 8.06. The van der Waals surface area contributed by atoms with Crippen LogP contribution in [0.4, 0.5) is 0 Å². The Kier molecular flexibility index (Phi) is 6.55. The predicted octanol–water partition coefficient (Wildman–Crippen LogP) is 2.29. The van der Waals surface area contributed by atoms with Gasteiger partial charge in [-0.05, 0) is 19.9 Å². The molecule has 0 aromatic carbocycles. The summed E-state index contributed by atoms with van der Waals surface area (Å²) in [6.45, 7) is 7.49. The largest absolute Gasteiger partial charge is 0.478 e. The maximum Gasteiger partial charge on any atom is 0.339 e. The summed E-state index contributed by atoms with van der Waals surface area (Å²) in [6, 6.07) is 1.27. The monoisotopic (exact) mass is 239 g/mol. The van der Waals surface area contributed by atoms with Crippen LogP contribution < -0.4 is 0 Å². The quantitative estimate of drug-likeness (QED) is 0.819. The average Bonchev–Trinajstić information content (AvgIpc) is 2.32. The smallest absolute Gasteiger partial charge is 0.339 e. The molecule has 17 heavy (non-hydrogen) atoms. The van der Waals surface area contributed by atoms with Gasteiger partial charge in [0.05, 0.1) is 23.4 Å². The molecule has 1 aromatic heterocycles. The molecule has 0 radical (unpaired) electrons. The van der Waals surface area contributed by atoms with Crippen molar-refractivity contribution in [3.63, 3.8) is 0 Å². The summed E-state index contributed by atoms with van der Waals surface area (Å²) in [7, 11) is 0. The van der Waals surface area contributed by atoms with Crippen LogP contribution in [0.3, 0.4) is 0 Å². The number of nitrogens with zero attached hydrogens (tertiary/aromatic N) is 1. The highest BCUT2D eigenvalue weighted by molar-refractivity contribution is 5.94. The van der Waals surface area contributed by atoms with E-state index in [1.807, 2.05) is 13.8 Å². The minimum atomic E-state index is -1.11. The molecular weight excluding hydrogens is 222 g/mol. The van der Waals surface area contributed by atoms with Crippen molar-refractivity contribution >= 4 is 11.9 Å². The van der Waals surface area contributed by atoms with Crippen LogP contribution >= 0.6 is 0 Å². The van der Waals surface area contributed by atoms with E-state index in [1.165, 1.54) is 12.3 Å². The number of hydrogen-bond acceptors (Lipinski definition) is 4. The molecular formula is C12H17NO4. The van der Waals surface area contributed by atoms with Crippen molar-refractivity contribution in [3.8, 4) is 0 Å². The maximum atomic E-state index is 11.3. The molecule has 5 nitrogen and oxygen atoms in total. The molecule has 0 aliphatic carbocycles. The number of aromatic carboxylic acids is 1. The predicted molar refractivity (Wildman–Crippen MR) is 63.2 cm³/mol. The van der Waals surface area contributed by atoms with Crippen molar-refractivity contribution in [3.05, 3.63) is 29.1 Å². The van der Waals surface area contributed by atoms with Crippen LogP contribution in [0.25, 0.3) is 0 Å². The van der Waals surface area contributed by atoms with Crippen molar-refractivity contribution < 1.29 is 19.4 Å². The number of carboxylic acids is 1. The Hall–Kier alpha value is -1.91. The van der Waals surface area contributed by atoms with Gasteiger partial charge in [0.25, 0.3) is 0 Å². The van der Waals surface area contributed by atoms with Gasteiger partial charge in [-0.3, -0.25) is 4.98 Å². The molecule has 0 fully saturated rings. The number of pyridine rings is 1. The van der Waals surface area contributed by atoms with Gasteiger partial charge < -0.3 is 9.84 Å². The van der Waals surface area contributed by atoms with E-state index in [0.29, 0.717) is 5.69 Å². The molecule has 0 atom stereocenters. The van der Waals surface area contributed by atoms with Gasteiger partial charge in [0.1, 0.15) is 0 Å². The number of carboxylic acid groups (broad SMARTS) is 1. The van der Waals surface area contributed by atoms with Crippen molar-refractivity contribution in [2.75, 3.05) is 6.61 Å². The van der Waals surface area contributed by atoms with E-state index in [9.17, 15) is 9.59 Å². The highest BCUT2D eigenvalue weighted by Crippen LogP contribution is 2.09. The van der Waals surface area contributed by atoms with E-state index in [4.69, 9.17) is 9.84 Å². The maximum absolute atomic E-state index is 11.3. The Bertz CT molecular complexity index is 401. The van der Waals surface area contributed by atoms with Crippen LogP contribution in [-0.4, -0.2) is 28.6 Å². The molecule has 0 bridgehead atoms. The van der Waals surface area contributed by atoms with Gasteiger partial charge in [-0.25, -0.2) is 9.59 Å². The number of hydrogen-bond donors (Lipinski definition) is 1. The highest BCUT2D eigenvalue weighted by Gasteiger charge is 2.13. The molecule has 1 heterocycles. The molecule has 0 saturated carbocycles. The Morgan fingerprint density at radius 1 is 1.41 bits per heavy atom. The molecule has 5 heteroatoms. The first-order valence-electron chi connectivity index (χ1n) is 5.43. The lowest BCUT2D eigenvalue weighted by atomic mass is 10.1. The van der Waals surface area contributed by atoms with Gasteiger partial charge in [-0.1, -0.05) is 13.8 Å². The molecule has 94 valence electrons. The van der Waals surface area contributed by atoms with Crippen molar-refractivity contribution in [2.45, 2.75) is 27.7 Å². The second kappa shape index (κ2) is 7.38. The number of esters is 1. The summed E-state index contributed by atoms with van der Waals surface area (Å²) in [5, 5.41) is 8.81. The normalized spacial score (nSPS) is 8.94. The molecule has 0 saturated heterocycles. The van der Waals surface area contributed by atoms with Gasteiger partial charge in [0.2, 0.25) is 0 Å². The molecule has 1 N–H and O–H groups in total. The Morgan fingerprint density at radius 3 is 2.47 bits per heavy atom. The van der Waals surface area contributed by atoms with E-state index in [2.05, 4.69) is 4.98 Å². The van der Waals surface area contributed by atoms with Crippen LogP contribution in [0.1, 0.15) is 47.2 Å². The number of carbonyl (C=O) groups excluding carboxylic acids is 1. The second-order valence-corrected chi connectivity index (χ2v) is 2.88. The third-order valence-electron chi connectivity index (χ3n) is 1.83. The average molecular weight is 239 g/mol. The highest BCUT2D eigenvalue weighted by atomic mass is 16.5. The molecule has 1 aromatic rings. The van der Waals surface area contributed by atoms with Crippen molar-refractivity contribution in [1.29, 1.82) is 0 Å². The van der Waals surface area contributed by atoms with Crippen LogP contribution in [-0.2, 0) is 4.74 Å². The zero-order valence-corrected chi connectivity index (χ0v) is 10.5. The van der Waals surface area contributed by atoms with Crippen LogP contribution in [0.15, 0.2) is 12.3 Å². The molecule has 0 spiro atoms. The third kappa shape index (κ3) is 4.22. The number of carbonyl (C=O) groups is 2. The lowest BCUT2D eigenvalue weighted by molar-refractivity contribution is 0.0526. The lowest BCUT2D eigenvalue weighted by Crippen LogP contribution is -2.09.